The van der Waals surface area contributed by atoms with Crippen molar-refractivity contribution in [1.82, 2.24) is 4.98 Å². The molecule has 6 aromatic carbocycles. The van der Waals surface area contributed by atoms with E-state index in [1.807, 2.05) is 11.8 Å². The molecule has 1 nitrogen and oxygen atoms in total. The molecular formula is C33H21NS. The van der Waals surface area contributed by atoms with E-state index in [-0.39, 0.29) is 0 Å². The van der Waals surface area contributed by atoms with Crippen molar-refractivity contribution in [3.8, 4) is 11.1 Å². The third-order valence-corrected chi connectivity index (χ3v) is 7.83. The summed E-state index contributed by atoms with van der Waals surface area (Å²) in [5.74, 6) is 0. The minimum absolute atomic E-state index is 1.02. The zero-order valence-corrected chi connectivity index (χ0v) is 19.8. The first-order valence-electron chi connectivity index (χ1n) is 11.8. The second-order valence-electron chi connectivity index (χ2n) is 8.79. The van der Waals surface area contributed by atoms with Crippen LogP contribution in [0.3, 0.4) is 0 Å². The van der Waals surface area contributed by atoms with Gasteiger partial charge in [0.15, 0.2) is 0 Å². The average Bonchev–Trinajstić information content (AvgIpc) is 2.93. The first-order valence-corrected chi connectivity index (χ1v) is 12.6. The van der Waals surface area contributed by atoms with Crippen molar-refractivity contribution in [2.75, 3.05) is 0 Å². The minimum Gasteiger partial charge on any atom is -0.256 e. The second kappa shape index (κ2) is 8.26. The Hall–Kier alpha value is -4.14. The molecule has 1 aromatic heterocycles. The molecule has 0 N–H and O–H groups in total. The maximum absolute atomic E-state index is 4.88. The Kier molecular flexibility index (Phi) is 4.78. The lowest BCUT2D eigenvalue weighted by Crippen LogP contribution is -1.92. The van der Waals surface area contributed by atoms with Crippen molar-refractivity contribution in [1.29, 1.82) is 0 Å². The van der Waals surface area contributed by atoms with Crippen LogP contribution >= 0.6 is 11.8 Å². The molecule has 0 radical (unpaired) electrons. The van der Waals surface area contributed by atoms with Crippen molar-refractivity contribution in [2.24, 2.45) is 0 Å². The highest BCUT2D eigenvalue weighted by atomic mass is 32.2. The molecule has 0 bridgehead atoms. The van der Waals surface area contributed by atoms with Gasteiger partial charge in [0, 0.05) is 32.1 Å². The Balaban J connectivity index is 1.61. The van der Waals surface area contributed by atoms with Crippen LogP contribution in [-0.4, -0.2) is 4.98 Å². The Morgan fingerprint density at radius 2 is 1.20 bits per heavy atom. The van der Waals surface area contributed by atoms with E-state index in [9.17, 15) is 0 Å². The third-order valence-electron chi connectivity index (χ3n) is 6.72. The molecule has 0 unspecified atom stereocenters. The lowest BCUT2D eigenvalue weighted by atomic mass is 9.91. The topological polar surface area (TPSA) is 12.9 Å². The number of benzene rings is 6. The number of hydrogen-bond donors (Lipinski definition) is 0. The van der Waals surface area contributed by atoms with Gasteiger partial charge in [0.2, 0.25) is 0 Å². The molecule has 35 heavy (non-hydrogen) atoms. The smallest absolute Gasteiger partial charge is 0.0708 e. The molecule has 0 fully saturated rings. The summed E-state index contributed by atoms with van der Waals surface area (Å²) in [6, 6.07) is 43.3. The lowest BCUT2D eigenvalue weighted by molar-refractivity contribution is 1.43. The maximum Gasteiger partial charge on any atom is 0.0708 e. The molecule has 0 aliphatic heterocycles. The first kappa shape index (κ1) is 20.3. The number of nitrogens with zero attached hydrogens (tertiary/aromatic N) is 1. The van der Waals surface area contributed by atoms with Crippen LogP contribution in [0.25, 0.3) is 54.3 Å². The van der Waals surface area contributed by atoms with Gasteiger partial charge in [-0.05, 0) is 50.9 Å². The molecular weight excluding hydrogens is 442 g/mol. The number of para-hydroxylation sites is 1. The van der Waals surface area contributed by atoms with Crippen LogP contribution in [0.1, 0.15) is 0 Å². The predicted octanol–water partition coefficient (Wildman–Crippen LogP) is 9.51. The quantitative estimate of drug-likeness (QED) is 0.191. The zero-order chi connectivity index (χ0) is 23.2. The highest BCUT2D eigenvalue weighted by Gasteiger charge is 2.18. The molecule has 0 aliphatic carbocycles. The Labute approximate surface area is 208 Å². The van der Waals surface area contributed by atoms with E-state index >= 15 is 0 Å². The summed E-state index contributed by atoms with van der Waals surface area (Å²) in [4.78, 5) is 7.40. The fourth-order valence-corrected chi connectivity index (χ4v) is 6.29. The third kappa shape index (κ3) is 3.38. The van der Waals surface area contributed by atoms with Crippen molar-refractivity contribution in [3.63, 3.8) is 0 Å². The first-order chi connectivity index (χ1) is 17.4. The molecule has 0 saturated carbocycles. The van der Waals surface area contributed by atoms with E-state index in [0.29, 0.717) is 0 Å². The van der Waals surface area contributed by atoms with Crippen LogP contribution < -0.4 is 0 Å². The van der Waals surface area contributed by atoms with E-state index in [0.717, 1.165) is 5.52 Å². The SMILES string of the molecule is c1ccc(-c2c3ccccc3c(Sc3ccc4ccccc4c3)c3c2cnc2ccccc23)cc1. The summed E-state index contributed by atoms with van der Waals surface area (Å²) >= 11 is 1.85. The maximum atomic E-state index is 4.88. The monoisotopic (exact) mass is 463 g/mol. The largest absolute Gasteiger partial charge is 0.256 e. The van der Waals surface area contributed by atoms with Gasteiger partial charge >= 0.3 is 0 Å². The van der Waals surface area contributed by atoms with Crippen LogP contribution in [-0.2, 0) is 0 Å². The Bertz CT molecular complexity index is 1870. The molecule has 0 aliphatic rings. The van der Waals surface area contributed by atoms with E-state index in [1.165, 1.54) is 58.6 Å². The van der Waals surface area contributed by atoms with Gasteiger partial charge in [-0.1, -0.05) is 115 Å². The highest BCUT2D eigenvalue weighted by molar-refractivity contribution is 7.99. The summed E-state index contributed by atoms with van der Waals surface area (Å²) in [5.41, 5.74) is 3.49. The summed E-state index contributed by atoms with van der Waals surface area (Å²) in [6.45, 7) is 0. The Morgan fingerprint density at radius 1 is 0.514 bits per heavy atom. The average molecular weight is 464 g/mol. The van der Waals surface area contributed by atoms with Gasteiger partial charge in [-0.2, -0.15) is 0 Å². The predicted molar refractivity (Wildman–Crippen MR) is 150 cm³/mol. The van der Waals surface area contributed by atoms with E-state index in [1.54, 1.807) is 0 Å². The lowest BCUT2D eigenvalue weighted by Gasteiger charge is -2.18. The van der Waals surface area contributed by atoms with Crippen molar-refractivity contribution < 1.29 is 0 Å². The normalized spacial score (nSPS) is 11.5. The van der Waals surface area contributed by atoms with Crippen LogP contribution in [0, 0.1) is 0 Å². The number of rotatable bonds is 3. The van der Waals surface area contributed by atoms with Crippen LogP contribution in [0.5, 0.6) is 0 Å². The van der Waals surface area contributed by atoms with Gasteiger partial charge in [0.1, 0.15) is 0 Å². The zero-order valence-electron chi connectivity index (χ0n) is 19.0. The van der Waals surface area contributed by atoms with Crippen molar-refractivity contribution >= 4 is 55.0 Å². The molecule has 1 heterocycles. The van der Waals surface area contributed by atoms with Gasteiger partial charge in [0.05, 0.1) is 5.52 Å². The molecule has 0 saturated heterocycles. The number of aromatic nitrogens is 1. The van der Waals surface area contributed by atoms with Gasteiger partial charge in [-0.25, -0.2) is 0 Å². The summed E-state index contributed by atoms with van der Waals surface area (Å²) in [6.07, 6.45) is 2.07. The fourth-order valence-electron chi connectivity index (χ4n) is 5.12. The number of fused-ring (bicyclic) bond motifs is 5. The standard InChI is InChI=1S/C33H21NS/c1-2-11-23(12-3-1)31-26-14-6-7-15-27(26)33(32-28-16-8-9-17-30(28)34-21-29(31)32)35-25-19-18-22-10-4-5-13-24(22)20-25/h1-21H. The molecule has 7 rings (SSSR count). The summed E-state index contributed by atoms with van der Waals surface area (Å²) in [5, 5.41) is 8.71. The van der Waals surface area contributed by atoms with Crippen LogP contribution in [0.4, 0.5) is 0 Å². The van der Waals surface area contributed by atoms with E-state index in [2.05, 4.69) is 128 Å². The summed E-state index contributed by atoms with van der Waals surface area (Å²) < 4.78 is 0. The van der Waals surface area contributed by atoms with Crippen LogP contribution in [0.2, 0.25) is 0 Å². The second-order valence-corrected chi connectivity index (χ2v) is 9.87. The van der Waals surface area contributed by atoms with Crippen molar-refractivity contribution in [3.05, 3.63) is 128 Å². The number of hydrogen-bond acceptors (Lipinski definition) is 2. The Morgan fingerprint density at radius 3 is 2.06 bits per heavy atom. The van der Waals surface area contributed by atoms with Crippen LogP contribution in [0.15, 0.2) is 137 Å². The van der Waals surface area contributed by atoms with Crippen molar-refractivity contribution in [2.45, 2.75) is 9.79 Å². The highest BCUT2D eigenvalue weighted by Crippen LogP contribution is 2.47. The molecule has 0 spiro atoms. The van der Waals surface area contributed by atoms with E-state index < -0.39 is 0 Å². The van der Waals surface area contributed by atoms with Gasteiger partial charge in [-0.15, -0.1) is 0 Å². The minimum atomic E-state index is 1.02. The fraction of sp³-hybridized carbons (Fsp3) is 0. The molecule has 7 aromatic rings. The van der Waals surface area contributed by atoms with Gasteiger partial charge in [0.25, 0.3) is 0 Å². The molecule has 164 valence electrons. The molecule has 0 atom stereocenters. The molecule has 0 amide bonds. The van der Waals surface area contributed by atoms with E-state index in [4.69, 9.17) is 4.98 Å². The summed E-state index contributed by atoms with van der Waals surface area (Å²) in [7, 11) is 0. The van der Waals surface area contributed by atoms with Gasteiger partial charge in [-0.3, -0.25) is 4.98 Å². The van der Waals surface area contributed by atoms with Gasteiger partial charge < -0.3 is 0 Å². The number of pyridine rings is 1. The molecule has 2 heteroatoms.